The summed E-state index contributed by atoms with van der Waals surface area (Å²) in [6.45, 7) is 4.98. The van der Waals surface area contributed by atoms with E-state index >= 15 is 0 Å². The molecule has 5 nitrogen and oxygen atoms in total. The van der Waals surface area contributed by atoms with Crippen LogP contribution >= 0.6 is 11.6 Å². The molecule has 7 heteroatoms. The summed E-state index contributed by atoms with van der Waals surface area (Å²) in [7, 11) is 0. The summed E-state index contributed by atoms with van der Waals surface area (Å²) < 4.78 is 19.8. The lowest BCUT2D eigenvalue weighted by Crippen LogP contribution is -2.55. The first-order valence-electron chi connectivity index (χ1n) is 7.92. The quantitative estimate of drug-likeness (QED) is 0.597. The number of nitrogens with zero attached hydrogens (tertiary/aromatic N) is 2. The van der Waals surface area contributed by atoms with Crippen molar-refractivity contribution >= 4 is 28.9 Å². The van der Waals surface area contributed by atoms with E-state index in [0.717, 1.165) is 25.9 Å². The molecule has 1 saturated heterocycles. The standard InChI is InChI=1S/C16H21ClN2O3S/c1-2-22-15(20)16(7-8-16)18-9-11-19(12-10-18)23(21)14-6-4-3-5-13(14)17/h3-6H,2,7-12H2,1H3. The summed E-state index contributed by atoms with van der Waals surface area (Å²) in [6, 6.07) is 7.23. The number of carbonyl (C=O) groups excluding carboxylic acids is 1. The largest absolute Gasteiger partial charge is 0.593 e. The average molecular weight is 357 g/mol. The molecule has 1 saturated carbocycles. The minimum absolute atomic E-state index is 0.110. The van der Waals surface area contributed by atoms with E-state index < -0.39 is 16.9 Å². The molecule has 1 unspecified atom stereocenters. The Balaban J connectivity index is 1.61. The van der Waals surface area contributed by atoms with Crippen LogP contribution in [0.5, 0.6) is 0 Å². The number of esters is 1. The minimum Gasteiger partial charge on any atom is -0.593 e. The van der Waals surface area contributed by atoms with Gasteiger partial charge in [0.2, 0.25) is 0 Å². The van der Waals surface area contributed by atoms with Crippen molar-refractivity contribution in [1.82, 2.24) is 9.21 Å². The number of carbonyl (C=O) groups is 1. The number of rotatable bonds is 5. The third-order valence-electron chi connectivity index (χ3n) is 4.48. The molecular formula is C16H21ClN2O3S. The third kappa shape index (κ3) is 3.37. The van der Waals surface area contributed by atoms with Crippen LogP contribution in [-0.4, -0.2) is 58.1 Å². The second kappa shape index (κ2) is 6.99. The zero-order valence-corrected chi connectivity index (χ0v) is 14.7. The van der Waals surface area contributed by atoms with Crippen LogP contribution < -0.4 is 0 Å². The van der Waals surface area contributed by atoms with Gasteiger partial charge in [0.1, 0.15) is 5.54 Å². The fourth-order valence-corrected chi connectivity index (χ4v) is 4.58. The number of ether oxygens (including phenoxy) is 1. The van der Waals surface area contributed by atoms with Crippen LogP contribution in [0.1, 0.15) is 19.8 Å². The van der Waals surface area contributed by atoms with Gasteiger partial charge < -0.3 is 9.29 Å². The predicted molar refractivity (Wildman–Crippen MR) is 89.6 cm³/mol. The molecule has 3 rings (SSSR count). The maximum Gasteiger partial charge on any atom is 0.326 e. The number of hydrogen-bond acceptors (Lipinski definition) is 5. The lowest BCUT2D eigenvalue weighted by Gasteiger charge is -2.37. The van der Waals surface area contributed by atoms with Crippen LogP contribution in [0.25, 0.3) is 0 Å². The second-order valence-corrected chi connectivity index (χ2v) is 7.71. The molecule has 1 aliphatic carbocycles. The number of piperazine rings is 1. The molecular weight excluding hydrogens is 336 g/mol. The lowest BCUT2D eigenvalue weighted by atomic mass is 10.2. The highest BCUT2D eigenvalue weighted by molar-refractivity contribution is 7.89. The first kappa shape index (κ1) is 17.0. The number of halogens is 1. The fourth-order valence-electron chi connectivity index (χ4n) is 3.04. The van der Waals surface area contributed by atoms with E-state index in [1.807, 2.05) is 23.4 Å². The molecule has 1 heterocycles. The van der Waals surface area contributed by atoms with Gasteiger partial charge in [0.15, 0.2) is 4.90 Å². The van der Waals surface area contributed by atoms with Crippen LogP contribution in [0.2, 0.25) is 5.02 Å². The molecule has 23 heavy (non-hydrogen) atoms. The van der Waals surface area contributed by atoms with Crippen molar-refractivity contribution in [2.75, 3.05) is 32.8 Å². The Labute approximate surface area is 144 Å². The molecule has 1 aromatic rings. The smallest absolute Gasteiger partial charge is 0.326 e. The Morgan fingerprint density at radius 2 is 1.96 bits per heavy atom. The van der Waals surface area contributed by atoms with E-state index in [1.165, 1.54) is 0 Å². The highest BCUT2D eigenvalue weighted by Crippen LogP contribution is 2.43. The first-order chi connectivity index (χ1) is 11.1. The molecule has 2 aliphatic rings. The van der Waals surface area contributed by atoms with Crippen molar-refractivity contribution in [3.63, 3.8) is 0 Å². The van der Waals surface area contributed by atoms with E-state index in [1.54, 1.807) is 12.1 Å². The van der Waals surface area contributed by atoms with Gasteiger partial charge in [0, 0.05) is 13.1 Å². The first-order valence-corrected chi connectivity index (χ1v) is 9.40. The Kier molecular flexibility index (Phi) is 5.18. The molecule has 2 fully saturated rings. The summed E-state index contributed by atoms with van der Waals surface area (Å²) in [5.41, 5.74) is -0.423. The van der Waals surface area contributed by atoms with Gasteiger partial charge in [-0.05, 0) is 31.9 Å². The highest BCUT2D eigenvalue weighted by Gasteiger charge is 2.56. The molecule has 126 valence electrons. The topological polar surface area (TPSA) is 55.8 Å². The van der Waals surface area contributed by atoms with E-state index in [4.69, 9.17) is 16.3 Å². The molecule has 0 bridgehead atoms. The van der Waals surface area contributed by atoms with Crippen molar-refractivity contribution in [3.8, 4) is 0 Å². The van der Waals surface area contributed by atoms with Crippen LogP contribution in [0, 0.1) is 0 Å². The van der Waals surface area contributed by atoms with Gasteiger partial charge in [-0.15, -0.1) is 4.31 Å². The van der Waals surface area contributed by atoms with E-state index in [0.29, 0.717) is 29.6 Å². The minimum atomic E-state index is -1.26. The number of benzene rings is 1. The summed E-state index contributed by atoms with van der Waals surface area (Å²) in [4.78, 5) is 15.0. The summed E-state index contributed by atoms with van der Waals surface area (Å²) in [5, 5.41) is 0.526. The van der Waals surface area contributed by atoms with Crippen LogP contribution in [0.4, 0.5) is 0 Å². The van der Waals surface area contributed by atoms with Gasteiger partial charge in [-0.3, -0.25) is 9.69 Å². The van der Waals surface area contributed by atoms with E-state index in [9.17, 15) is 9.35 Å². The zero-order chi connectivity index (χ0) is 16.4. The van der Waals surface area contributed by atoms with Gasteiger partial charge in [-0.2, -0.15) is 0 Å². The fraction of sp³-hybridized carbons (Fsp3) is 0.562. The van der Waals surface area contributed by atoms with Crippen molar-refractivity contribution in [1.29, 1.82) is 0 Å². The normalized spacial score (nSPS) is 22.6. The van der Waals surface area contributed by atoms with Crippen LogP contribution in [0.15, 0.2) is 29.2 Å². The maximum absolute atomic E-state index is 12.7. The summed E-state index contributed by atoms with van der Waals surface area (Å²) >= 11 is 4.88. The van der Waals surface area contributed by atoms with Crippen molar-refractivity contribution in [2.45, 2.75) is 30.2 Å². The van der Waals surface area contributed by atoms with Gasteiger partial charge in [0.25, 0.3) is 0 Å². The van der Waals surface area contributed by atoms with Gasteiger partial charge >= 0.3 is 5.97 Å². The SMILES string of the molecule is CCOC(=O)C1(N2CCN([S+]([O-])c3ccccc3Cl)CC2)CC1. The Morgan fingerprint density at radius 3 is 2.52 bits per heavy atom. The second-order valence-electron chi connectivity index (χ2n) is 5.85. The van der Waals surface area contributed by atoms with Gasteiger partial charge in [0.05, 0.1) is 36.1 Å². The summed E-state index contributed by atoms with van der Waals surface area (Å²) in [5.74, 6) is -0.110. The van der Waals surface area contributed by atoms with Crippen molar-refractivity contribution in [3.05, 3.63) is 29.3 Å². The van der Waals surface area contributed by atoms with E-state index in [2.05, 4.69) is 4.90 Å². The average Bonchev–Trinajstić information content (AvgIpc) is 3.37. The van der Waals surface area contributed by atoms with Gasteiger partial charge in [-0.25, -0.2) is 0 Å². The third-order valence-corrected chi connectivity index (χ3v) is 6.49. The monoisotopic (exact) mass is 356 g/mol. The zero-order valence-electron chi connectivity index (χ0n) is 13.2. The Morgan fingerprint density at radius 1 is 1.30 bits per heavy atom. The molecule has 0 spiro atoms. The van der Waals surface area contributed by atoms with Crippen molar-refractivity contribution < 1.29 is 14.1 Å². The van der Waals surface area contributed by atoms with Crippen molar-refractivity contribution in [2.24, 2.45) is 0 Å². The predicted octanol–water partition coefficient (Wildman–Crippen LogP) is 2.08. The Bertz CT molecular complexity index is 574. The molecule has 0 aromatic heterocycles. The molecule has 0 amide bonds. The molecule has 0 radical (unpaired) electrons. The molecule has 0 N–H and O–H groups in total. The Hall–Kier alpha value is -0.790. The number of hydrogen-bond donors (Lipinski definition) is 0. The maximum atomic E-state index is 12.7. The lowest BCUT2D eigenvalue weighted by molar-refractivity contribution is -0.152. The van der Waals surface area contributed by atoms with Gasteiger partial charge in [-0.1, -0.05) is 23.7 Å². The van der Waals surface area contributed by atoms with Crippen LogP contribution in [0.3, 0.4) is 0 Å². The highest BCUT2D eigenvalue weighted by atomic mass is 35.5. The van der Waals surface area contributed by atoms with Crippen LogP contribution in [-0.2, 0) is 20.9 Å². The molecule has 1 aliphatic heterocycles. The summed E-state index contributed by atoms with van der Waals surface area (Å²) in [6.07, 6.45) is 1.72. The molecule has 1 atom stereocenters. The molecule has 1 aromatic carbocycles. The van der Waals surface area contributed by atoms with E-state index in [-0.39, 0.29) is 5.97 Å².